The molecule has 7 heteroatoms. The number of nitrogens with one attached hydrogen (secondary N) is 1. The van der Waals surface area contributed by atoms with Crippen molar-refractivity contribution in [1.82, 2.24) is 0 Å². The van der Waals surface area contributed by atoms with Crippen LogP contribution in [0.25, 0.3) is 0 Å². The average Bonchev–Trinajstić information content (AvgIpc) is 3.32. The maximum atomic E-state index is 13.8. The van der Waals surface area contributed by atoms with Gasteiger partial charge < -0.3 is 10.1 Å². The lowest BCUT2D eigenvalue weighted by molar-refractivity contribution is -0.159. The molecule has 1 spiro atoms. The molecule has 1 saturated heterocycles. The molecule has 1 fully saturated rings. The number of carbonyl (C=O) groups is 2. The third-order valence-electron chi connectivity index (χ3n) is 5.99. The van der Waals surface area contributed by atoms with Crippen LogP contribution in [-0.4, -0.2) is 24.6 Å². The molecule has 2 aliphatic heterocycles. The SMILES string of the molecule is CCOC(=O)C1ON(c2ccccc2)C(c2ccc(Cl)cc2)C12C(=O)Nc1ccccc12. The second-order valence-corrected chi connectivity index (χ2v) is 8.16. The normalized spacial score (nSPS) is 23.8. The second-order valence-electron chi connectivity index (χ2n) is 7.72. The molecule has 0 radical (unpaired) electrons. The number of benzene rings is 3. The maximum absolute atomic E-state index is 13.8. The topological polar surface area (TPSA) is 67.9 Å². The van der Waals surface area contributed by atoms with Crippen LogP contribution < -0.4 is 10.4 Å². The molecule has 3 aromatic carbocycles. The van der Waals surface area contributed by atoms with E-state index in [0.29, 0.717) is 16.3 Å². The molecule has 6 nitrogen and oxygen atoms in total. The highest BCUT2D eigenvalue weighted by Gasteiger charge is 2.68. The lowest BCUT2D eigenvalue weighted by Crippen LogP contribution is -2.50. The van der Waals surface area contributed by atoms with E-state index in [1.54, 1.807) is 24.1 Å². The molecule has 0 aromatic heterocycles. The first-order valence-electron chi connectivity index (χ1n) is 10.4. The van der Waals surface area contributed by atoms with Crippen LogP contribution in [0.5, 0.6) is 0 Å². The van der Waals surface area contributed by atoms with Crippen molar-refractivity contribution in [2.24, 2.45) is 0 Å². The summed E-state index contributed by atoms with van der Waals surface area (Å²) < 4.78 is 5.37. The standard InChI is InChI=1S/C25H21ClN2O4/c1-2-31-23(29)22-25(19-10-6-7-11-20(19)27-24(25)30)21(16-12-14-17(26)15-13-16)28(32-22)18-8-4-3-5-9-18/h3-15,21-22H,2H2,1H3,(H,27,30). The molecule has 0 bridgehead atoms. The largest absolute Gasteiger partial charge is 0.464 e. The Morgan fingerprint density at radius 1 is 1.06 bits per heavy atom. The van der Waals surface area contributed by atoms with E-state index < -0.39 is 23.5 Å². The van der Waals surface area contributed by atoms with Crippen LogP contribution in [0.4, 0.5) is 11.4 Å². The van der Waals surface area contributed by atoms with Gasteiger partial charge in [-0.2, -0.15) is 0 Å². The van der Waals surface area contributed by atoms with Crippen LogP contribution in [0.15, 0.2) is 78.9 Å². The lowest BCUT2D eigenvalue weighted by atomic mass is 9.69. The van der Waals surface area contributed by atoms with Crippen LogP contribution in [0.3, 0.4) is 0 Å². The first-order valence-corrected chi connectivity index (χ1v) is 10.8. The predicted molar refractivity (Wildman–Crippen MR) is 121 cm³/mol. The third-order valence-corrected chi connectivity index (χ3v) is 6.24. The Balaban J connectivity index is 1.79. The Bertz CT molecular complexity index is 1170. The van der Waals surface area contributed by atoms with Crippen LogP contribution in [0, 0.1) is 0 Å². The molecule has 2 heterocycles. The lowest BCUT2D eigenvalue weighted by Gasteiger charge is -2.33. The molecule has 32 heavy (non-hydrogen) atoms. The van der Waals surface area contributed by atoms with Gasteiger partial charge in [0.05, 0.1) is 12.3 Å². The summed E-state index contributed by atoms with van der Waals surface area (Å²) >= 11 is 6.15. The number of hydrogen-bond acceptors (Lipinski definition) is 5. The van der Waals surface area contributed by atoms with Crippen molar-refractivity contribution in [2.45, 2.75) is 24.5 Å². The van der Waals surface area contributed by atoms with Crippen molar-refractivity contribution in [3.63, 3.8) is 0 Å². The fraction of sp³-hybridized carbons (Fsp3) is 0.200. The number of carbonyl (C=O) groups excluding carboxylic acids is 2. The van der Waals surface area contributed by atoms with E-state index in [1.807, 2.05) is 66.7 Å². The van der Waals surface area contributed by atoms with E-state index in [4.69, 9.17) is 21.2 Å². The average molecular weight is 449 g/mol. The van der Waals surface area contributed by atoms with Gasteiger partial charge in [0.15, 0.2) is 0 Å². The molecule has 0 aliphatic carbocycles. The molecule has 5 rings (SSSR count). The number of para-hydroxylation sites is 2. The van der Waals surface area contributed by atoms with Gasteiger partial charge in [0, 0.05) is 10.7 Å². The number of nitrogens with zero attached hydrogens (tertiary/aromatic N) is 1. The molecule has 0 saturated carbocycles. The summed E-state index contributed by atoms with van der Waals surface area (Å²) in [5, 5.41) is 5.18. The van der Waals surface area contributed by atoms with Gasteiger partial charge in [-0.05, 0) is 48.4 Å². The zero-order valence-electron chi connectivity index (χ0n) is 17.3. The quantitative estimate of drug-likeness (QED) is 0.588. The fourth-order valence-electron chi connectivity index (χ4n) is 4.69. The molecular formula is C25H21ClN2O4. The van der Waals surface area contributed by atoms with Gasteiger partial charge in [0.25, 0.3) is 0 Å². The highest BCUT2D eigenvalue weighted by atomic mass is 35.5. The van der Waals surface area contributed by atoms with Gasteiger partial charge in [-0.1, -0.05) is 60.1 Å². The van der Waals surface area contributed by atoms with E-state index in [-0.39, 0.29) is 12.5 Å². The Kier molecular flexibility index (Phi) is 5.12. The maximum Gasteiger partial charge on any atom is 0.339 e. The van der Waals surface area contributed by atoms with E-state index in [0.717, 1.165) is 11.3 Å². The summed E-state index contributed by atoms with van der Waals surface area (Å²) in [6.07, 6.45) is -1.17. The highest BCUT2D eigenvalue weighted by molar-refractivity contribution is 6.30. The Hall–Kier alpha value is -3.35. The molecule has 1 amide bonds. The minimum absolute atomic E-state index is 0.176. The van der Waals surface area contributed by atoms with Crippen LogP contribution in [0.1, 0.15) is 24.1 Å². The number of ether oxygens (including phenoxy) is 1. The van der Waals surface area contributed by atoms with Crippen molar-refractivity contribution in [1.29, 1.82) is 0 Å². The molecule has 3 atom stereocenters. The van der Waals surface area contributed by atoms with E-state index in [2.05, 4.69) is 5.32 Å². The van der Waals surface area contributed by atoms with Crippen molar-refractivity contribution in [2.75, 3.05) is 17.0 Å². The van der Waals surface area contributed by atoms with E-state index in [9.17, 15) is 9.59 Å². The van der Waals surface area contributed by atoms with Crippen LogP contribution >= 0.6 is 11.6 Å². The predicted octanol–water partition coefficient (Wildman–Crippen LogP) is 4.65. The number of halogens is 1. The van der Waals surface area contributed by atoms with Crippen LogP contribution in [-0.2, 0) is 24.6 Å². The first kappa shape index (κ1) is 20.5. The summed E-state index contributed by atoms with van der Waals surface area (Å²) in [4.78, 5) is 33.2. The summed E-state index contributed by atoms with van der Waals surface area (Å²) in [6.45, 7) is 1.91. The minimum atomic E-state index is -1.35. The second kappa shape index (κ2) is 7.97. The number of amides is 1. The first-order chi connectivity index (χ1) is 15.6. The highest BCUT2D eigenvalue weighted by Crippen LogP contribution is 2.57. The van der Waals surface area contributed by atoms with Crippen LogP contribution in [0.2, 0.25) is 5.02 Å². The monoisotopic (exact) mass is 448 g/mol. The molecule has 3 unspecified atom stereocenters. The summed E-state index contributed by atoms with van der Waals surface area (Å²) in [6, 6.07) is 23.4. The number of hydrogen-bond donors (Lipinski definition) is 1. The van der Waals surface area contributed by atoms with Gasteiger partial charge >= 0.3 is 5.97 Å². The molecule has 1 N–H and O–H groups in total. The summed E-state index contributed by atoms with van der Waals surface area (Å²) in [5.41, 5.74) is 1.51. The number of esters is 1. The van der Waals surface area contributed by atoms with Gasteiger partial charge in [-0.25, -0.2) is 9.86 Å². The zero-order chi connectivity index (χ0) is 22.3. The number of fused-ring (bicyclic) bond motifs is 2. The Morgan fingerprint density at radius 3 is 2.47 bits per heavy atom. The summed E-state index contributed by atoms with van der Waals surface area (Å²) in [7, 11) is 0. The molecular weight excluding hydrogens is 428 g/mol. The van der Waals surface area contributed by atoms with E-state index in [1.165, 1.54) is 0 Å². The molecule has 3 aromatic rings. The van der Waals surface area contributed by atoms with Crippen molar-refractivity contribution >= 4 is 34.9 Å². The number of anilines is 2. The number of rotatable bonds is 4. The van der Waals surface area contributed by atoms with Gasteiger partial charge in [0.2, 0.25) is 12.0 Å². The van der Waals surface area contributed by atoms with E-state index >= 15 is 0 Å². The van der Waals surface area contributed by atoms with Gasteiger partial charge in [-0.3, -0.25) is 9.63 Å². The smallest absolute Gasteiger partial charge is 0.339 e. The fourth-order valence-corrected chi connectivity index (χ4v) is 4.82. The van der Waals surface area contributed by atoms with Gasteiger partial charge in [0.1, 0.15) is 11.5 Å². The van der Waals surface area contributed by atoms with Crippen molar-refractivity contribution < 1.29 is 19.2 Å². The Morgan fingerprint density at radius 2 is 1.75 bits per heavy atom. The molecule has 2 aliphatic rings. The third kappa shape index (κ3) is 2.98. The van der Waals surface area contributed by atoms with Gasteiger partial charge in [-0.15, -0.1) is 0 Å². The molecule has 162 valence electrons. The van der Waals surface area contributed by atoms with Crippen molar-refractivity contribution in [3.8, 4) is 0 Å². The minimum Gasteiger partial charge on any atom is -0.464 e. The number of hydroxylamine groups is 1. The summed E-state index contributed by atoms with van der Waals surface area (Å²) in [5.74, 6) is -0.896. The Labute approximate surface area is 190 Å². The zero-order valence-corrected chi connectivity index (χ0v) is 18.1. The van der Waals surface area contributed by atoms with Crippen molar-refractivity contribution in [3.05, 3.63) is 95.0 Å².